The Balaban J connectivity index is 1.86. The van der Waals surface area contributed by atoms with Crippen LogP contribution in [0.15, 0.2) is 47.1 Å². The average Bonchev–Trinajstić information content (AvgIpc) is 3.22. The van der Waals surface area contributed by atoms with E-state index in [9.17, 15) is 0 Å². The van der Waals surface area contributed by atoms with Crippen LogP contribution in [-0.2, 0) is 0 Å². The molecule has 4 rings (SSSR count). The van der Waals surface area contributed by atoms with E-state index in [1.165, 1.54) is 5.56 Å². The van der Waals surface area contributed by atoms with E-state index in [0.29, 0.717) is 17.4 Å². The van der Waals surface area contributed by atoms with E-state index < -0.39 is 0 Å². The lowest BCUT2D eigenvalue weighted by Gasteiger charge is -2.12. The summed E-state index contributed by atoms with van der Waals surface area (Å²) in [5, 5.41) is 7.99. The first-order chi connectivity index (χ1) is 11.6. The van der Waals surface area contributed by atoms with Gasteiger partial charge in [-0.3, -0.25) is 0 Å². The first-order valence-electron chi connectivity index (χ1n) is 7.73. The lowest BCUT2D eigenvalue weighted by molar-refractivity contribution is 0.577. The highest BCUT2D eigenvalue weighted by Crippen LogP contribution is 2.25. The molecule has 0 atom stereocenters. The highest BCUT2D eigenvalue weighted by molar-refractivity contribution is 5.64. The molecule has 0 aliphatic heterocycles. The Bertz CT molecular complexity index is 1000. The molecule has 0 amide bonds. The standard InChI is InChI=1S/C18H17N5O/c1-11-6-8-14(9-7-11)20-17-12(2)13(3)19-18-21-16(22-23(17)18)15-5-4-10-24-15/h4-10,20H,1-3H3. The molecule has 0 fully saturated rings. The normalized spacial score (nSPS) is 11.1. The number of aromatic nitrogens is 4. The van der Waals surface area contributed by atoms with Gasteiger partial charge in [-0.2, -0.15) is 9.50 Å². The van der Waals surface area contributed by atoms with Crippen LogP contribution in [-0.4, -0.2) is 19.6 Å². The average molecular weight is 319 g/mol. The van der Waals surface area contributed by atoms with Crippen molar-refractivity contribution in [3.05, 3.63) is 59.5 Å². The number of rotatable bonds is 3. The maximum absolute atomic E-state index is 5.39. The summed E-state index contributed by atoms with van der Waals surface area (Å²) < 4.78 is 7.12. The molecule has 6 nitrogen and oxygen atoms in total. The monoisotopic (exact) mass is 319 g/mol. The van der Waals surface area contributed by atoms with Gasteiger partial charge in [0.1, 0.15) is 5.82 Å². The number of hydrogen-bond donors (Lipinski definition) is 1. The molecule has 6 heteroatoms. The number of hydrogen-bond acceptors (Lipinski definition) is 5. The highest BCUT2D eigenvalue weighted by atomic mass is 16.3. The first kappa shape index (κ1) is 14.4. The van der Waals surface area contributed by atoms with E-state index in [1.807, 2.05) is 38.1 Å². The second-order valence-electron chi connectivity index (χ2n) is 5.79. The van der Waals surface area contributed by atoms with Crippen molar-refractivity contribution in [1.29, 1.82) is 0 Å². The van der Waals surface area contributed by atoms with Crippen LogP contribution in [0.1, 0.15) is 16.8 Å². The smallest absolute Gasteiger partial charge is 0.255 e. The van der Waals surface area contributed by atoms with Crippen molar-refractivity contribution < 1.29 is 4.42 Å². The van der Waals surface area contributed by atoms with Gasteiger partial charge in [-0.1, -0.05) is 17.7 Å². The topological polar surface area (TPSA) is 68.2 Å². The van der Waals surface area contributed by atoms with Crippen LogP contribution in [0.4, 0.5) is 11.5 Å². The number of nitrogens with zero attached hydrogens (tertiary/aromatic N) is 4. The lowest BCUT2D eigenvalue weighted by Crippen LogP contribution is -2.06. The third kappa shape index (κ3) is 2.42. The second-order valence-corrected chi connectivity index (χ2v) is 5.79. The third-order valence-corrected chi connectivity index (χ3v) is 4.02. The molecule has 0 saturated heterocycles. The Hall–Kier alpha value is -3.15. The van der Waals surface area contributed by atoms with Crippen molar-refractivity contribution in [3.8, 4) is 11.6 Å². The van der Waals surface area contributed by atoms with Gasteiger partial charge in [0.05, 0.1) is 6.26 Å². The predicted octanol–water partition coefficient (Wildman–Crippen LogP) is 4.05. The van der Waals surface area contributed by atoms with Crippen LogP contribution in [0, 0.1) is 20.8 Å². The van der Waals surface area contributed by atoms with Crippen LogP contribution in [0.2, 0.25) is 0 Å². The molecule has 0 aliphatic carbocycles. The maximum atomic E-state index is 5.39. The number of anilines is 2. The van der Waals surface area contributed by atoms with Crippen LogP contribution in [0.3, 0.4) is 0 Å². The van der Waals surface area contributed by atoms with Gasteiger partial charge >= 0.3 is 0 Å². The molecule has 24 heavy (non-hydrogen) atoms. The van der Waals surface area contributed by atoms with Gasteiger partial charge < -0.3 is 9.73 Å². The second kappa shape index (κ2) is 5.49. The summed E-state index contributed by atoms with van der Waals surface area (Å²) >= 11 is 0. The van der Waals surface area contributed by atoms with Gasteiger partial charge in [0.2, 0.25) is 5.82 Å². The van der Waals surface area contributed by atoms with E-state index in [2.05, 4.69) is 39.4 Å². The minimum atomic E-state index is 0.518. The molecule has 0 aliphatic rings. The van der Waals surface area contributed by atoms with Crippen molar-refractivity contribution in [2.45, 2.75) is 20.8 Å². The van der Waals surface area contributed by atoms with E-state index in [1.54, 1.807) is 10.8 Å². The van der Waals surface area contributed by atoms with E-state index >= 15 is 0 Å². The molecular weight excluding hydrogens is 302 g/mol. The maximum Gasteiger partial charge on any atom is 0.255 e. The molecule has 1 N–H and O–H groups in total. The summed E-state index contributed by atoms with van der Waals surface area (Å²) in [4.78, 5) is 9.01. The number of nitrogens with one attached hydrogen (secondary N) is 1. The third-order valence-electron chi connectivity index (χ3n) is 4.02. The fourth-order valence-electron chi connectivity index (χ4n) is 2.52. The minimum Gasteiger partial charge on any atom is -0.461 e. The van der Waals surface area contributed by atoms with Crippen molar-refractivity contribution in [2.24, 2.45) is 0 Å². The molecule has 0 saturated carbocycles. The zero-order chi connectivity index (χ0) is 16.7. The van der Waals surface area contributed by atoms with Crippen LogP contribution >= 0.6 is 0 Å². The lowest BCUT2D eigenvalue weighted by atomic mass is 10.2. The predicted molar refractivity (Wildman–Crippen MR) is 92.4 cm³/mol. The molecule has 120 valence electrons. The van der Waals surface area contributed by atoms with Gasteiger partial charge in [0.15, 0.2) is 5.76 Å². The summed E-state index contributed by atoms with van der Waals surface area (Å²) in [6, 6.07) is 11.9. The molecule has 3 aromatic heterocycles. The fourth-order valence-corrected chi connectivity index (χ4v) is 2.52. The molecule has 0 spiro atoms. The van der Waals surface area contributed by atoms with Gasteiger partial charge in [-0.05, 0) is 45.0 Å². The van der Waals surface area contributed by atoms with Gasteiger partial charge in [-0.25, -0.2) is 4.98 Å². The quantitative estimate of drug-likeness (QED) is 0.617. The first-order valence-corrected chi connectivity index (χ1v) is 7.73. The highest BCUT2D eigenvalue weighted by Gasteiger charge is 2.16. The summed E-state index contributed by atoms with van der Waals surface area (Å²) in [6.07, 6.45) is 1.61. The number of aryl methyl sites for hydroxylation is 2. The molecule has 3 heterocycles. The Morgan fingerprint density at radius 2 is 1.79 bits per heavy atom. The zero-order valence-electron chi connectivity index (χ0n) is 13.7. The van der Waals surface area contributed by atoms with Gasteiger partial charge in [-0.15, -0.1) is 5.10 Å². The molecule has 0 bridgehead atoms. The van der Waals surface area contributed by atoms with Crippen LogP contribution in [0.25, 0.3) is 17.4 Å². The summed E-state index contributed by atoms with van der Waals surface area (Å²) in [5.74, 6) is 2.53. The Morgan fingerprint density at radius 3 is 2.50 bits per heavy atom. The Labute approximate surface area is 139 Å². The van der Waals surface area contributed by atoms with Gasteiger partial charge in [0.25, 0.3) is 5.78 Å². The number of furan rings is 1. The van der Waals surface area contributed by atoms with Crippen molar-refractivity contribution in [2.75, 3.05) is 5.32 Å². The fraction of sp³-hybridized carbons (Fsp3) is 0.167. The van der Waals surface area contributed by atoms with E-state index in [4.69, 9.17) is 4.42 Å². The molecule has 4 aromatic rings. The minimum absolute atomic E-state index is 0.518. The van der Waals surface area contributed by atoms with Crippen molar-refractivity contribution in [1.82, 2.24) is 19.6 Å². The van der Waals surface area contributed by atoms with Gasteiger partial charge in [0, 0.05) is 16.9 Å². The largest absolute Gasteiger partial charge is 0.461 e. The number of fused-ring (bicyclic) bond motifs is 1. The summed E-state index contributed by atoms with van der Waals surface area (Å²) in [6.45, 7) is 6.06. The van der Waals surface area contributed by atoms with E-state index in [-0.39, 0.29) is 0 Å². The van der Waals surface area contributed by atoms with Crippen LogP contribution in [0.5, 0.6) is 0 Å². The Morgan fingerprint density at radius 1 is 1.00 bits per heavy atom. The Kier molecular flexibility index (Phi) is 3.30. The van der Waals surface area contributed by atoms with Crippen LogP contribution < -0.4 is 5.32 Å². The molecular formula is C18H17N5O. The number of benzene rings is 1. The van der Waals surface area contributed by atoms with Crippen molar-refractivity contribution in [3.63, 3.8) is 0 Å². The molecule has 0 unspecified atom stereocenters. The van der Waals surface area contributed by atoms with Crippen molar-refractivity contribution >= 4 is 17.3 Å². The zero-order valence-corrected chi connectivity index (χ0v) is 13.7. The SMILES string of the molecule is Cc1ccc(Nc2c(C)c(C)nc3nc(-c4ccco4)nn23)cc1. The van der Waals surface area contributed by atoms with E-state index in [0.717, 1.165) is 22.8 Å². The summed E-state index contributed by atoms with van der Waals surface area (Å²) in [5.41, 5.74) is 4.15. The molecule has 1 aromatic carbocycles. The summed E-state index contributed by atoms with van der Waals surface area (Å²) in [7, 11) is 0. The molecule has 0 radical (unpaired) electrons.